The van der Waals surface area contributed by atoms with E-state index in [1.807, 2.05) is 17.5 Å². The molecule has 152 valence electrons. The van der Waals surface area contributed by atoms with Gasteiger partial charge in [0, 0.05) is 28.6 Å². The van der Waals surface area contributed by atoms with E-state index < -0.39 is 28.8 Å². The Labute approximate surface area is 172 Å². The number of carbonyl (C=O) groups is 1. The Morgan fingerprint density at radius 1 is 1.10 bits per heavy atom. The number of hydrogen-bond donors (Lipinski definition) is 2. The molecule has 2 aromatic heterocycles. The summed E-state index contributed by atoms with van der Waals surface area (Å²) in [5.74, 6) is -1.99. The van der Waals surface area contributed by atoms with Crippen molar-refractivity contribution in [1.82, 2.24) is 14.9 Å². The number of fused-ring (bicyclic) bond motifs is 1. The lowest BCUT2D eigenvalue weighted by Crippen LogP contribution is -2.35. The van der Waals surface area contributed by atoms with E-state index in [4.69, 9.17) is 0 Å². The van der Waals surface area contributed by atoms with E-state index >= 15 is 0 Å². The number of aromatic amines is 1. The molecule has 0 saturated carbocycles. The van der Waals surface area contributed by atoms with Gasteiger partial charge in [-0.25, -0.2) is 13.6 Å². The number of nitrogens with zero attached hydrogens (tertiary/aromatic N) is 1. The van der Waals surface area contributed by atoms with E-state index in [2.05, 4.69) is 10.3 Å². The molecule has 0 spiro atoms. The number of rotatable bonds is 5. The van der Waals surface area contributed by atoms with Gasteiger partial charge in [-0.2, -0.15) is 0 Å². The van der Waals surface area contributed by atoms with Crippen LogP contribution in [0.15, 0.2) is 63.5 Å². The highest BCUT2D eigenvalue weighted by molar-refractivity contribution is 7.09. The quantitative estimate of drug-likeness (QED) is 0.514. The zero-order valence-electron chi connectivity index (χ0n) is 15.4. The molecule has 0 aliphatic heterocycles. The van der Waals surface area contributed by atoms with Crippen molar-refractivity contribution in [3.8, 4) is 0 Å². The highest BCUT2D eigenvalue weighted by Gasteiger charge is 2.13. The largest absolute Gasteiger partial charge is 0.348 e. The van der Waals surface area contributed by atoms with Gasteiger partial charge in [-0.1, -0.05) is 12.1 Å². The van der Waals surface area contributed by atoms with Gasteiger partial charge in [0.05, 0.1) is 17.4 Å². The van der Waals surface area contributed by atoms with Crippen molar-refractivity contribution >= 4 is 28.1 Å². The summed E-state index contributed by atoms with van der Waals surface area (Å²) in [6, 6.07) is 11.1. The van der Waals surface area contributed by atoms with Gasteiger partial charge in [-0.05, 0) is 35.7 Å². The van der Waals surface area contributed by atoms with Crippen LogP contribution in [-0.2, 0) is 13.1 Å². The maximum Gasteiger partial charge on any atom is 0.329 e. The summed E-state index contributed by atoms with van der Waals surface area (Å²) in [5, 5.41) is 4.67. The number of H-pyrrole nitrogens is 1. The van der Waals surface area contributed by atoms with Gasteiger partial charge >= 0.3 is 5.69 Å². The monoisotopic (exact) mass is 427 g/mol. The fourth-order valence-electron chi connectivity index (χ4n) is 3.04. The number of benzene rings is 2. The van der Waals surface area contributed by atoms with E-state index in [0.717, 1.165) is 21.6 Å². The van der Waals surface area contributed by atoms with Crippen molar-refractivity contribution in [2.45, 2.75) is 13.1 Å². The topological polar surface area (TPSA) is 84.0 Å². The second kappa shape index (κ2) is 8.03. The molecular formula is C21H15F2N3O3S. The van der Waals surface area contributed by atoms with Crippen LogP contribution in [0.3, 0.4) is 0 Å². The van der Waals surface area contributed by atoms with Gasteiger partial charge in [0.1, 0.15) is 11.6 Å². The Kier molecular flexibility index (Phi) is 5.28. The van der Waals surface area contributed by atoms with Crippen LogP contribution in [0.4, 0.5) is 8.78 Å². The lowest BCUT2D eigenvalue weighted by molar-refractivity contribution is 0.0950. The van der Waals surface area contributed by atoms with Crippen molar-refractivity contribution < 1.29 is 13.6 Å². The van der Waals surface area contributed by atoms with Gasteiger partial charge in [0.2, 0.25) is 0 Å². The van der Waals surface area contributed by atoms with Gasteiger partial charge in [0.25, 0.3) is 11.5 Å². The first kappa shape index (κ1) is 19.7. The molecule has 0 aliphatic carbocycles. The second-order valence-corrected chi connectivity index (χ2v) is 7.61. The van der Waals surface area contributed by atoms with Crippen LogP contribution >= 0.6 is 11.3 Å². The Morgan fingerprint density at radius 3 is 2.67 bits per heavy atom. The molecule has 2 heterocycles. The number of amides is 1. The van der Waals surface area contributed by atoms with Crippen LogP contribution in [-0.4, -0.2) is 15.5 Å². The summed E-state index contributed by atoms with van der Waals surface area (Å²) in [6.45, 7) is 0.0230. The molecular weight excluding hydrogens is 412 g/mol. The molecule has 0 saturated heterocycles. The minimum Gasteiger partial charge on any atom is -0.348 e. The van der Waals surface area contributed by atoms with Crippen LogP contribution in [0.2, 0.25) is 0 Å². The summed E-state index contributed by atoms with van der Waals surface area (Å²) in [4.78, 5) is 41.0. The standard InChI is InChI=1S/C21H15F2N3O3S/c22-14-5-3-13(17(23)9-14)10-24-19(27)12-4-6-16-18(8-12)25-21(29)26(20(16)28)11-15-2-1-7-30-15/h1-9H,10-11H2,(H,24,27)(H,25,29). The van der Waals surface area contributed by atoms with E-state index in [0.29, 0.717) is 0 Å². The van der Waals surface area contributed by atoms with Crippen molar-refractivity contribution in [3.63, 3.8) is 0 Å². The van der Waals surface area contributed by atoms with Crippen molar-refractivity contribution in [1.29, 1.82) is 0 Å². The maximum absolute atomic E-state index is 13.7. The highest BCUT2D eigenvalue weighted by Crippen LogP contribution is 2.13. The third-order valence-electron chi connectivity index (χ3n) is 4.59. The van der Waals surface area contributed by atoms with Crippen LogP contribution in [0.25, 0.3) is 10.9 Å². The van der Waals surface area contributed by atoms with E-state index in [-0.39, 0.29) is 35.1 Å². The molecule has 30 heavy (non-hydrogen) atoms. The first-order chi connectivity index (χ1) is 14.4. The summed E-state index contributed by atoms with van der Waals surface area (Å²) in [5.41, 5.74) is -0.478. The predicted octanol–water partition coefficient (Wildman–Crippen LogP) is 3.01. The minimum atomic E-state index is -0.760. The molecule has 0 fully saturated rings. The molecule has 0 bridgehead atoms. The summed E-state index contributed by atoms with van der Waals surface area (Å²) >= 11 is 1.44. The highest BCUT2D eigenvalue weighted by atomic mass is 32.1. The maximum atomic E-state index is 13.7. The third-order valence-corrected chi connectivity index (χ3v) is 5.45. The van der Waals surface area contributed by atoms with Gasteiger partial charge in [-0.3, -0.25) is 14.2 Å². The smallest absolute Gasteiger partial charge is 0.329 e. The number of halogens is 2. The number of carbonyl (C=O) groups excluding carboxylic acids is 1. The molecule has 0 atom stereocenters. The van der Waals surface area contributed by atoms with Crippen molar-refractivity contribution in [2.24, 2.45) is 0 Å². The predicted molar refractivity (Wildman–Crippen MR) is 110 cm³/mol. The molecule has 2 aromatic carbocycles. The van der Waals surface area contributed by atoms with Crippen molar-refractivity contribution in [2.75, 3.05) is 0 Å². The number of aromatic nitrogens is 2. The lowest BCUT2D eigenvalue weighted by Gasteiger charge is -2.09. The average Bonchev–Trinajstić information content (AvgIpc) is 3.23. The summed E-state index contributed by atoms with van der Waals surface area (Å²) in [6.07, 6.45) is 0. The molecule has 6 nitrogen and oxygen atoms in total. The van der Waals surface area contributed by atoms with E-state index in [1.165, 1.54) is 35.6 Å². The second-order valence-electron chi connectivity index (χ2n) is 6.58. The molecule has 4 rings (SSSR count). The van der Waals surface area contributed by atoms with Crippen LogP contribution in [0.1, 0.15) is 20.8 Å². The molecule has 9 heteroatoms. The SMILES string of the molecule is O=C(NCc1ccc(F)cc1F)c1ccc2c(=O)n(Cc3cccs3)c(=O)[nH]c2c1. The number of nitrogens with one attached hydrogen (secondary N) is 2. The Balaban J connectivity index is 1.59. The third kappa shape index (κ3) is 3.92. The Hall–Kier alpha value is -3.59. The molecule has 0 aliphatic rings. The van der Waals surface area contributed by atoms with Crippen LogP contribution in [0, 0.1) is 11.6 Å². The average molecular weight is 427 g/mol. The van der Waals surface area contributed by atoms with Gasteiger partial charge in [0.15, 0.2) is 0 Å². The molecule has 0 unspecified atom stereocenters. The molecule has 0 radical (unpaired) electrons. The number of thiophene rings is 1. The van der Waals surface area contributed by atoms with E-state index in [9.17, 15) is 23.2 Å². The van der Waals surface area contributed by atoms with Gasteiger partial charge < -0.3 is 10.3 Å². The molecule has 4 aromatic rings. The van der Waals surface area contributed by atoms with E-state index in [1.54, 1.807) is 0 Å². The fraction of sp³-hybridized carbons (Fsp3) is 0.0952. The first-order valence-corrected chi connectivity index (χ1v) is 9.82. The number of hydrogen-bond acceptors (Lipinski definition) is 4. The zero-order valence-corrected chi connectivity index (χ0v) is 16.3. The zero-order chi connectivity index (χ0) is 21.3. The Bertz CT molecular complexity index is 1360. The summed E-state index contributed by atoms with van der Waals surface area (Å²) < 4.78 is 27.8. The normalized spacial score (nSPS) is 11.0. The first-order valence-electron chi connectivity index (χ1n) is 8.94. The molecule has 2 N–H and O–H groups in total. The Morgan fingerprint density at radius 2 is 1.93 bits per heavy atom. The summed E-state index contributed by atoms with van der Waals surface area (Å²) in [7, 11) is 0. The van der Waals surface area contributed by atoms with Crippen LogP contribution < -0.4 is 16.6 Å². The fourth-order valence-corrected chi connectivity index (χ4v) is 3.73. The van der Waals surface area contributed by atoms with Gasteiger partial charge in [-0.15, -0.1) is 11.3 Å². The lowest BCUT2D eigenvalue weighted by atomic mass is 10.1. The van der Waals surface area contributed by atoms with Crippen molar-refractivity contribution in [3.05, 3.63) is 102 Å². The van der Waals surface area contributed by atoms with Crippen LogP contribution in [0.5, 0.6) is 0 Å². The minimum absolute atomic E-state index is 0.135. The molecule has 1 amide bonds.